The van der Waals surface area contributed by atoms with E-state index in [1.54, 1.807) is 19.0 Å². The first-order valence-electron chi connectivity index (χ1n) is 12.0. The van der Waals surface area contributed by atoms with Gasteiger partial charge >= 0.3 is 0 Å². The second-order valence-corrected chi connectivity index (χ2v) is 10.3. The van der Waals surface area contributed by atoms with Crippen molar-refractivity contribution in [3.63, 3.8) is 0 Å². The van der Waals surface area contributed by atoms with Crippen LogP contribution in [-0.4, -0.2) is 80.2 Å². The lowest BCUT2D eigenvalue weighted by Gasteiger charge is -2.55. The summed E-state index contributed by atoms with van der Waals surface area (Å²) in [6, 6.07) is 11.3. The van der Waals surface area contributed by atoms with E-state index in [9.17, 15) is 4.79 Å². The van der Waals surface area contributed by atoms with Crippen molar-refractivity contribution in [2.45, 2.75) is 57.8 Å². The van der Waals surface area contributed by atoms with Gasteiger partial charge in [-0.2, -0.15) is 0 Å². The molecule has 0 spiro atoms. The number of likely N-dealkylation sites (N-methyl/N-ethyl adjacent to an activating group) is 1. The highest BCUT2D eigenvalue weighted by molar-refractivity contribution is 5.85. The van der Waals surface area contributed by atoms with Gasteiger partial charge in [-0.25, -0.2) is 4.99 Å². The molecule has 1 aromatic carbocycles. The third kappa shape index (κ3) is 5.09. The fourth-order valence-corrected chi connectivity index (χ4v) is 5.46. The van der Waals surface area contributed by atoms with Crippen molar-refractivity contribution >= 4 is 11.9 Å². The summed E-state index contributed by atoms with van der Waals surface area (Å²) in [5.41, 5.74) is 1.43. The zero-order chi connectivity index (χ0) is 22.7. The minimum absolute atomic E-state index is 0.0127. The summed E-state index contributed by atoms with van der Waals surface area (Å²) in [6.07, 6.45) is 3.55. The van der Waals surface area contributed by atoms with E-state index >= 15 is 0 Å². The monoisotopic (exact) mass is 441 g/mol. The molecule has 7 nitrogen and oxygen atoms in total. The van der Waals surface area contributed by atoms with E-state index in [0.29, 0.717) is 24.1 Å². The highest BCUT2D eigenvalue weighted by atomic mass is 16.5. The van der Waals surface area contributed by atoms with Gasteiger partial charge in [0.05, 0.1) is 6.10 Å². The van der Waals surface area contributed by atoms with Crippen molar-refractivity contribution in [3.05, 3.63) is 35.9 Å². The molecule has 0 aromatic heterocycles. The summed E-state index contributed by atoms with van der Waals surface area (Å²) < 4.78 is 5.95. The van der Waals surface area contributed by atoms with E-state index in [2.05, 4.69) is 64.7 Å². The Morgan fingerprint density at radius 2 is 1.88 bits per heavy atom. The number of carbonyl (C=O) groups is 1. The van der Waals surface area contributed by atoms with Gasteiger partial charge in [0, 0.05) is 63.8 Å². The normalized spacial score (nSPS) is 28.0. The van der Waals surface area contributed by atoms with Gasteiger partial charge < -0.3 is 20.3 Å². The van der Waals surface area contributed by atoms with Crippen LogP contribution in [-0.2, 0) is 16.1 Å². The van der Waals surface area contributed by atoms with Crippen LogP contribution in [0.1, 0.15) is 38.7 Å². The number of guanidine groups is 1. The van der Waals surface area contributed by atoms with E-state index in [-0.39, 0.29) is 17.9 Å². The number of ether oxygens (including phenoxy) is 1. The molecule has 1 aliphatic carbocycles. The highest BCUT2D eigenvalue weighted by Crippen LogP contribution is 2.52. The molecule has 4 rings (SSSR count). The standard InChI is InChI=1S/C25H39N5O2/c1-25(2)22(20-12-15-32-23(20)25)28-24(26-16-21(31)29(3)4)27-19-10-13-30(14-11-19)17-18-8-6-5-7-9-18/h5-9,19-20,22-23H,10-17H2,1-4H3,(H2,26,27,28). The summed E-state index contributed by atoms with van der Waals surface area (Å²) in [7, 11) is 3.55. The molecular weight excluding hydrogens is 402 g/mol. The maximum Gasteiger partial charge on any atom is 0.243 e. The van der Waals surface area contributed by atoms with Crippen molar-refractivity contribution in [1.29, 1.82) is 0 Å². The molecule has 3 fully saturated rings. The predicted molar refractivity (Wildman–Crippen MR) is 127 cm³/mol. The SMILES string of the molecule is CN(C)C(=O)CN=C(NC1CCN(Cc2ccccc2)CC1)NC1C2CCOC2C1(C)C. The van der Waals surface area contributed by atoms with Gasteiger partial charge in [0.25, 0.3) is 0 Å². The van der Waals surface area contributed by atoms with Crippen LogP contribution in [0.4, 0.5) is 0 Å². The minimum Gasteiger partial charge on any atom is -0.377 e. The summed E-state index contributed by atoms with van der Waals surface area (Å²) in [5.74, 6) is 1.30. The molecule has 3 aliphatic rings. The van der Waals surface area contributed by atoms with E-state index in [1.165, 1.54) is 5.56 Å². The number of aliphatic imine (C=N–C) groups is 1. The van der Waals surface area contributed by atoms with E-state index in [0.717, 1.165) is 51.5 Å². The molecule has 2 aliphatic heterocycles. The number of rotatable bonds is 6. The first kappa shape index (κ1) is 23.1. The number of amides is 1. The number of nitrogens with one attached hydrogen (secondary N) is 2. The van der Waals surface area contributed by atoms with E-state index < -0.39 is 0 Å². The Labute approximate surface area is 192 Å². The van der Waals surface area contributed by atoms with Gasteiger partial charge in [0.2, 0.25) is 5.91 Å². The Kier molecular flexibility index (Phi) is 7.05. The first-order chi connectivity index (χ1) is 15.3. The second kappa shape index (κ2) is 9.79. The summed E-state index contributed by atoms with van der Waals surface area (Å²) in [6.45, 7) is 8.66. The molecule has 0 radical (unpaired) electrons. The summed E-state index contributed by atoms with van der Waals surface area (Å²) >= 11 is 0. The fraction of sp³-hybridized carbons (Fsp3) is 0.680. The lowest BCUT2D eigenvalue weighted by Crippen LogP contribution is -2.68. The number of piperidine rings is 1. The predicted octanol–water partition coefficient (Wildman–Crippen LogP) is 2.09. The van der Waals surface area contributed by atoms with Crippen LogP contribution < -0.4 is 10.6 Å². The highest BCUT2D eigenvalue weighted by Gasteiger charge is 2.59. The Morgan fingerprint density at radius 1 is 1.16 bits per heavy atom. The molecule has 2 saturated heterocycles. The van der Waals surface area contributed by atoms with Crippen LogP contribution in [0, 0.1) is 11.3 Å². The molecule has 0 bridgehead atoms. The molecule has 3 unspecified atom stereocenters. The molecule has 7 heteroatoms. The maximum absolute atomic E-state index is 12.2. The molecule has 1 amide bonds. The number of hydrogen-bond acceptors (Lipinski definition) is 4. The summed E-state index contributed by atoms with van der Waals surface area (Å²) in [4.78, 5) is 21.0. The van der Waals surface area contributed by atoms with Crippen molar-refractivity contribution in [1.82, 2.24) is 20.4 Å². The quantitative estimate of drug-likeness (QED) is 0.523. The Hall–Kier alpha value is -2.12. The fourth-order valence-electron chi connectivity index (χ4n) is 5.46. The van der Waals surface area contributed by atoms with Crippen molar-refractivity contribution < 1.29 is 9.53 Å². The van der Waals surface area contributed by atoms with Crippen molar-refractivity contribution in [2.24, 2.45) is 16.3 Å². The van der Waals surface area contributed by atoms with E-state index in [1.807, 2.05) is 0 Å². The maximum atomic E-state index is 12.2. The smallest absolute Gasteiger partial charge is 0.243 e. The summed E-state index contributed by atoms with van der Waals surface area (Å²) in [5, 5.41) is 7.33. The molecule has 2 N–H and O–H groups in total. The Balaban J connectivity index is 1.35. The van der Waals surface area contributed by atoms with Crippen LogP contribution in [0.25, 0.3) is 0 Å². The van der Waals surface area contributed by atoms with E-state index in [4.69, 9.17) is 4.74 Å². The minimum atomic E-state index is 0.0127. The van der Waals surface area contributed by atoms with Gasteiger partial charge in [0.1, 0.15) is 6.54 Å². The average Bonchev–Trinajstić information content (AvgIpc) is 3.24. The second-order valence-electron chi connectivity index (χ2n) is 10.3. The largest absolute Gasteiger partial charge is 0.377 e. The number of likely N-dealkylation sites (tertiary alicyclic amines) is 1. The van der Waals surface area contributed by atoms with Gasteiger partial charge in [-0.3, -0.25) is 9.69 Å². The zero-order valence-corrected chi connectivity index (χ0v) is 20.0. The number of fused-ring (bicyclic) bond motifs is 1. The number of hydrogen-bond donors (Lipinski definition) is 2. The average molecular weight is 442 g/mol. The third-order valence-corrected chi connectivity index (χ3v) is 7.44. The zero-order valence-electron chi connectivity index (χ0n) is 20.0. The van der Waals surface area contributed by atoms with Crippen LogP contribution in [0.15, 0.2) is 35.3 Å². The number of benzene rings is 1. The van der Waals surface area contributed by atoms with Crippen molar-refractivity contribution in [2.75, 3.05) is 40.3 Å². The van der Waals surface area contributed by atoms with Gasteiger partial charge in [0.15, 0.2) is 5.96 Å². The van der Waals surface area contributed by atoms with Gasteiger partial charge in [-0.15, -0.1) is 0 Å². The lowest BCUT2D eigenvalue weighted by molar-refractivity contribution is -0.127. The molecule has 176 valence electrons. The molecule has 2 heterocycles. The third-order valence-electron chi connectivity index (χ3n) is 7.44. The Bertz CT molecular complexity index is 802. The Morgan fingerprint density at radius 3 is 2.56 bits per heavy atom. The van der Waals surface area contributed by atoms with Crippen LogP contribution in [0.5, 0.6) is 0 Å². The first-order valence-corrected chi connectivity index (χ1v) is 12.0. The van der Waals surface area contributed by atoms with Gasteiger partial charge in [-0.1, -0.05) is 44.2 Å². The van der Waals surface area contributed by atoms with Gasteiger partial charge in [-0.05, 0) is 24.8 Å². The van der Waals surface area contributed by atoms with Crippen LogP contribution >= 0.6 is 0 Å². The molecule has 3 atom stereocenters. The van der Waals surface area contributed by atoms with Crippen LogP contribution in [0.3, 0.4) is 0 Å². The molecule has 1 aromatic rings. The number of carbonyl (C=O) groups excluding carboxylic acids is 1. The number of nitrogens with zero attached hydrogens (tertiary/aromatic N) is 3. The van der Waals surface area contributed by atoms with Crippen LogP contribution in [0.2, 0.25) is 0 Å². The molecule has 1 saturated carbocycles. The molecular formula is C25H39N5O2. The topological polar surface area (TPSA) is 69.2 Å². The lowest BCUT2D eigenvalue weighted by atomic mass is 9.57. The molecule has 32 heavy (non-hydrogen) atoms. The van der Waals surface area contributed by atoms with Crippen molar-refractivity contribution in [3.8, 4) is 0 Å².